The van der Waals surface area contributed by atoms with Crippen molar-refractivity contribution in [3.63, 3.8) is 0 Å². The van der Waals surface area contributed by atoms with Gasteiger partial charge in [0.1, 0.15) is 13.2 Å². The van der Waals surface area contributed by atoms with Gasteiger partial charge in [-0.3, -0.25) is 14.4 Å². The van der Waals surface area contributed by atoms with Gasteiger partial charge in [0.05, 0.1) is 0 Å². The van der Waals surface area contributed by atoms with Gasteiger partial charge >= 0.3 is 17.9 Å². The lowest BCUT2D eigenvalue weighted by atomic mass is 10.0. The quantitative estimate of drug-likeness (QED) is 0.0261. The smallest absolute Gasteiger partial charge is 0.306 e. The molecule has 0 saturated carbocycles. The molecule has 0 bridgehead atoms. The number of esters is 3. The lowest BCUT2D eigenvalue weighted by molar-refractivity contribution is -0.167. The van der Waals surface area contributed by atoms with E-state index in [1.165, 1.54) is 199 Å². The normalized spacial score (nSPS) is 12.6. The first-order valence-corrected chi connectivity index (χ1v) is 33.6. The molecule has 0 saturated heterocycles. The third kappa shape index (κ3) is 63.4. The standard InChI is InChI=1S/C72H126O6/c1-4-7-10-13-16-18-20-22-24-26-28-29-30-31-32-33-34-35-36-37-38-39-40-41-42-43-44-46-47-49-51-53-56-59-62-65-71(74)77-68-69(67-76-70(73)64-61-58-55-15-12-9-6-3)78-72(75)66-63-60-57-54-52-50-48-45-27-25-23-21-19-17-14-11-8-5-2/h7,10,16,18,22,24-25,27-29,31-32,34-35,69H,4-6,8-9,11-15,17,19-21,23,26,30,33,36-68H2,1-3H3/b10-7-,18-16-,24-22-,27-25-,29-28-,32-31-,35-34-. The van der Waals surface area contributed by atoms with Crippen LogP contribution in [0.3, 0.4) is 0 Å². The summed E-state index contributed by atoms with van der Waals surface area (Å²) >= 11 is 0. The van der Waals surface area contributed by atoms with Crippen molar-refractivity contribution in [3.05, 3.63) is 85.1 Å². The average Bonchev–Trinajstić information content (AvgIpc) is 3.44. The predicted octanol–water partition coefficient (Wildman–Crippen LogP) is 23.1. The van der Waals surface area contributed by atoms with Crippen molar-refractivity contribution in [1.29, 1.82) is 0 Å². The molecule has 0 heterocycles. The van der Waals surface area contributed by atoms with Gasteiger partial charge in [0.25, 0.3) is 0 Å². The van der Waals surface area contributed by atoms with Crippen molar-refractivity contribution in [3.8, 4) is 0 Å². The Hall–Kier alpha value is -3.41. The molecule has 0 aliphatic rings. The van der Waals surface area contributed by atoms with Crippen molar-refractivity contribution in [2.45, 2.75) is 341 Å². The van der Waals surface area contributed by atoms with Crippen molar-refractivity contribution in [1.82, 2.24) is 0 Å². The topological polar surface area (TPSA) is 78.9 Å². The van der Waals surface area contributed by atoms with Crippen molar-refractivity contribution in [2.75, 3.05) is 13.2 Å². The van der Waals surface area contributed by atoms with Crippen LogP contribution in [0.2, 0.25) is 0 Å². The average molecular weight is 1090 g/mol. The second-order valence-corrected chi connectivity index (χ2v) is 22.4. The summed E-state index contributed by atoms with van der Waals surface area (Å²) < 4.78 is 16.8. The highest BCUT2D eigenvalue weighted by Crippen LogP contribution is 2.17. The second kappa shape index (κ2) is 66.1. The Balaban J connectivity index is 4.01. The summed E-state index contributed by atoms with van der Waals surface area (Å²) in [6.45, 7) is 6.51. The summed E-state index contributed by atoms with van der Waals surface area (Å²) in [5, 5.41) is 0. The number of hydrogen-bond acceptors (Lipinski definition) is 6. The molecule has 0 aromatic heterocycles. The van der Waals surface area contributed by atoms with E-state index in [0.717, 1.165) is 96.3 Å². The number of hydrogen-bond donors (Lipinski definition) is 0. The van der Waals surface area contributed by atoms with E-state index in [-0.39, 0.29) is 31.1 Å². The first-order chi connectivity index (χ1) is 38.5. The molecule has 1 unspecified atom stereocenters. The van der Waals surface area contributed by atoms with Crippen LogP contribution in [0.5, 0.6) is 0 Å². The maximum absolute atomic E-state index is 12.8. The van der Waals surface area contributed by atoms with E-state index in [9.17, 15) is 14.4 Å². The molecule has 0 N–H and O–H groups in total. The van der Waals surface area contributed by atoms with Crippen LogP contribution in [-0.4, -0.2) is 37.2 Å². The highest BCUT2D eigenvalue weighted by Gasteiger charge is 2.19. The molecule has 450 valence electrons. The Kier molecular flexibility index (Phi) is 63.2. The predicted molar refractivity (Wildman–Crippen MR) is 339 cm³/mol. The lowest BCUT2D eigenvalue weighted by Gasteiger charge is -2.18. The van der Waals surface area contributed by atoms with Crippen LogP contribution in [0.1, 0.15) is 335 Å². The number of carbonyl (C=O) groups excluding carboxylic acids is 3. The fraction of sp³-hybridized carbons (Fsp3) is 0.764. The van der Waals surface area contributed by atoms with Crippen molar-refractivity contribution >= 4 is 17.9 Å². The lowest BCUT2D eigenvalue weighted by Crippen LogP contribution is -2.30. The summed E-state index contributed by atoms with van der Waals surface area (Å²) in [7, 11) is 0. The van der Waals surface area contributed by atoms with Gasteiger partial charge in [-0.25, -0.2) is 0 Å². The molecule has 78 heavy (non-hydrogen) atoms. The summed E-state index contributed by atoms with van der Waals surface area (Å²) in [4.78, 5) is 38.1. The van der Waals surface area contributed by atoms with Crippen LogP contribution >= 0.6 is 0 Å². The van der Waals surface area contributed by atoms with Gasteiger partial charge in [0.2, 0.25) is 0 Å². The zero-order chi connectivity index (χ0) is 56.4. The Bertz CT molecular complexity index is 1480. The van der Waals surface area contributed by atoms with Gasteiger partial charge < -0.3 is 14.2 Å². The van der Waals surface area contributed by atoms with E-state index >= 15 is 0 Å². The minimum atomic E-state index is -0.773. The Labute approximate surface area is 484 Å². The van der Waals surface area contributed by atoms with Gasteiger partial charge in [0.15, 0.2) is 6.10 Å². The van der Waals surface area contributed by atoms with E-state index in [0.29, 0.717) is 19.3 Å². The van der Waals surface area contributed by atoms with Crippen molar-refractivity contribution in [2.24, 2.45) is 0 Å². The first-order valence-electron chi connectivity index (χ1n) is 33.6. The third-order valence-electron chi connectivity index (χ3n) is 14.6. The first kappa shape index (κ1) is 74.6. The monoisotopic (exact) mass is 1090 g/mol. The molecule has 0 aliphatic carbocycles. The molecule has 0 aromatic rings. The highest BCUT2D eigenvalue weighted by molar-refractivity contribution is 5.71. The number of rotatable bonds is 61. The van der Waals surface area contributed by atoms with Crippen LogP contribution in [-0.2, 0) is 28.6 Å². The van der Waals surface area contributed by atoms with E-state index < -0.39 is 6.10 Å². The number of ether oxygens (including phenoxy) is 3. The highest BCUT2D eigenvalue weighted by atomic mass is 16.6. The Morgan fingerprint density at radius 1 is 0.269 bits per heavy atom. The molecule has 0 fully saturated rings. The molecule has 0 amide bonds. The van der Waals surface area contributed by atoms with Gasteiger partial charge in [0, 0.05) is 19.3 Å². The maximum atomic E-state index is 12.8. The molecular formula is C72H126O6. The van der Waals surface area contributed by atoms with Crippen LogP contribution in [0.15, 0.2) is 85.1 Å². The summed E-state index contributed by atoms with van der Waals surface area (Å²) in [5.74, 6) is -0.870. The molecule has 0 spiro atoms. The molecule has 0 aliphatic heterocycles. The van der Waals surface area contributed by atoms with E-state index in [1.807, 2.05) is 0 Å². The zero-order valence-corrected chi connectivity index (χ0v) is 51.7. The molecule has 0 rings (SSSR count). The molecular weight excluding hydrogens is 961 g/mol. The molecule has 1 atom stereocenters. The molecule has 6 nitrogen and oxygen atoms in total. The maximum Gasteiger partial charge on any atom is 0.306 e. The van der Waals surface area contributed by atoms with Gasteiger partial charge in [-0.05, 0) is 96.3 Å². The number of unbranched alkanes of at least 4 members (excludes halogenated alkanes) is 36. The van der Waals surface area contributed by atoms with E-state index in [1.54, 1.807) is 0 Å². The zero-order valence-electron chi connectivity index (χ0n) is 51.7. The fourth-order valence-corrected chi connectivity index (χ4v) is 9.62. The molecule has 0 radical (unpaired) electrons. The van der Waals surface area contributed by atoms with Crippen LogP contribution in [0.25, 0.3) is 0 Å². The molecule has 6 heteroatoms. The second-order valence-electron chi connectivity index (χ2n) is 22.4. The summed E-state index contributed by atoms with van der Waals surface area (Å²) in [6, 6.07) is 0. The van der Waals surface area contributed by atoms with Gasteiger partial charge in [-0.2, -0.15) is 0 Å². The fourth-order valence-electron chi connectivity index (χ4n) is 9.62. The minimum absolute atomic E-state index is 0.0734. The van der Waals surface area contributed by atoms with E-state index in [2.05, 4.69) is 106 Å². The largest absolute Gasteiger partial charge is 0.462 e. The van der Waals surface area contributed by atoms with Crippen LogP contribution in [0, 0.1) is 0 Å². The van der Waals surface area contributed by atoms with Gasteiger partial charge in [-0.1, -0.05) is 305 Å². The Morgan fingerprint density at radius 2 is 0.500 bits per heavy atom. The van der Waals surface area contributed by atoms with Gasteiger partial charge in [-0.15, -0.1) is 0 Å². The number of allylic oxidation sites excluding steroid dienone is 14. The molecule has 0 aromatic carbocycles. The van der Waals surface area contributed by atoms with Crippen LogP contribution < -0.4 is 0 Å². The van der Waals surface area contributed by atoms with Crippen molar-refractivity contribution < 1.29 is 28.6 Å². The summed E-state index contributed by atoms with van der Waals surface area (Å²) in [6.07, 6.45) is 87.8. The minimum Gasteiger partial charge on any atom is -0.462 e. The number of carbonyl (C=O) groups is 3. The summed E-state index contributed by atoms with van der Waals surface area (Å²) in [5.41, 5.74) is 0. The van der Waals surface area contributed by atoms with E-state index in [4.69, 9.17) is 14.2 Å². The SMILES string of the molecule is CC/C=C\C/C=C\C/C=C\C/C=C\C/C=C\C/C=C\CCCCCCCCCCCCCCCCCCC(=O)OCC(COC(=O)CCCCCCCCC)OC(=O)CCCCCCCCC/C=C\CCCCCCCCC. The Morgan fingerprint density at radius 3 is 0.795 bits per heavy atom. The third-order valence-corrected chi connectivity index (χ3v) is 14.6. The van der Waals surface area contributed by atoms with Crippen LogP contribution in [0.4, 0.5) is 0 Å².